The lowest BCUT2D eigenvalue weighted by Gasteiger charge is -2.15. The van der Waals surface area contributed by atoms with Gasteiger partial charge in [0.1, 0.15) is 0 Å². The van der Waals surface area contributed by atoms with Crippen LogP contribution in [0.5, 0.6) is 0 Å². The fourth-order valence-corrected chi connectivity index (χ4v) is 1.53. The van der Waals surface area contributed by atoms with Crippen LogP contribution in [0.2, 0.25) is 0 Å². The first kappa shape index (κ1) is 8.31. The Kier molecular flexibility index (Phi) is 2.69. The zero-order valence-electron chi connectivity index (χ0n) is 7.02. The molecule has 2 heteroatoms. The maximum atomic E-state index is 10.8. The van der Waals surface area contributed by atoms with Gasteiger partial charge < -0.3 is 5.73 Å². The Morgan fingerprint density at radius 3 is 2.27 bits per heavy atom. The topological polar surface area (TPSA) is 43.1 Å². The minimum Gasteiger partial charge on any atom is -0.366 e. The van der Waals surface area contributed by atoms with Gasteiger partial charge in [-0.15, -0.1) is 0 Å². The number of carbonyl (C=O) groups is 1. The van der Waals surface area contributed by atoms with Crippen LogP contribution >= 0.6 is 0 Å². The maximum Gasteiger partial charge on any atom is 0.244 e. The van der Waals surface area contributed by atoms with E-state index in [-0.39, 0.29) is 5.91 Å². The molecule has 1 amide bonds. The van der Waals surface area contributed by atoms with E-state index in [1.165, 1.54) is 24.8 Å². The SMILES string of the molecule is CC(C(N)=O)=C1CCCCC1. The first-order valence-electron chi connectivity index (χ1n) is 4.20. The molecule has 0 atom stereocenters. The summed E-state index contributed by atoms with van der Waals surface area (Å²) in [6.07, 6.45) is 5.90. The number of nitrogens with two attached hydrogens (primary N) is 1. The zero-order valence-corrected chi connectivity index (χ0v) is 7.02. The first-order chi connectivity index (χ1) is 5.22. The van der Waals surface area contributed by atoms with Gasteiger partial charge >= 0.3 is 0 Å². The summed E-state index contributed by atoms with van der Waals surface area (Å²) >= 11 is 0. The van der Waals surface area contributed by atoms with Gasteiger partial charge in [-0.25, -0.2) is 0 Å². The highest BCUT2D eigenvalue weighted by Crippen LogP contribution is 2.25. The Morgan fingerprint density at radius 1 is 1.27 bits per heavy atom. The van der Waals surface area contributed by atoms with Crippen LogP contribution in [-0.4, -0.2) is 5.91 Å². The predicted octanol–water partition coefficient (Wildman–Crippen LogP) is 1.75. The molecule has 0 bridgehead atoms. The van der Waals surface area contributed by atoms with Crippen molar-refractivity contribution >= 4 is 5.91 Å². The van der Waals surface area contributed by atoms with Gasteiger partial charge in [0.15, 0.2) is 0 Å². The van der Waals surface area contributed by atoms with Crippen molar-refractivity contribution in [3.63, 3.8) is 0 Å². The number of primary amides is 1. The van der Waals surface area contributed by atoms with Gasteiger partial charge in [0.05, 0.1) is 0 Å². The van der Waals surface area contributed by atoms with Crippen LogP contribution in [0.1, 0.15) is 39.0 Å². The Morgan fingerprint density at radius 2 is 1.82 bits per heavy atom. The molecule has 0 heterocycles. The van der Waals surface area contributed by atoms with E-state index in [0.29, 0.717) is 0 Å². The van der Waals surface area contributed by atoms with Crippen molar-refractivity contribution < 1.29 is 4.79 Å². The summed E-state index contributed by atoms with van der Waals surface area (Å²) in [6, 6.07) is 0. The standard InChI is InChI=1S/C9H15NO/c1-7(9(10)11)8-5-3-2-4-6-8/h2-6H2,1H3,(H2,10,11). The third kappa shape index (κ3) is 2.07. The molecule has 0 saturated heterocycles. The summed E-state index contributed by atoms with van der Waals surface area (Å²) in [4.78, 5) is 10.8. The third-order valence-electron chi connectivity index (χ3n) is 2.36. The van der Waals surface area contributed by atoms with Gasteiger partial charge in [-0.3, -0.25) is 4.79 Å². The minimum absolute atomic E-state index is 0.248. The number of amides is 1. The van der Waals surface area contributed by atoms with Crippen molar-refractivity contribution in [1.82, 2.24) is 0 Å². The molecule has 1 rings (SSSR count). The van der Waals surface area contributed by atoms with E-state index in [9.17, 15) is 4.79 Å². The number of hydrogen-bond donors (Lipinski definition) is 1. The summed E-state index contributed by atoms with van der Waals surface area (Å²) in [5.74, 6) is -0.248. The number of rotatable bonds is 1. The quantitative estimate of drug-likeness (QED) is 0.573. The van der Waals surface area contributed by atoms with Gasteiger partial charge in [0, 0.05) is 5.57 Å². The molecule has 0 aromatic carbocycles. The summed E-state index contributed by atoms with van der Waals surface area (Å²) in [6.45, 7) is 1.84. The van der Waals surface area contributed by atoms with E-state index >= 15 is 0 Å². The van der Waals surface area contributed by atoms with E-state index in [1.54, 1.807) is 0 Å². The molecule has 0 spiro atoms. The van der Waals surface area contributed by atoms with Crippen molar-refractivity contribution in [3.8, 4) is 0 Å². The van der Waals surface area contributed by atoms with Crippen LogP contribution in [-0.2, 0) is 4.79 Å². The Labute approximate surface area is 67.5 Å². The minimum atomic E-state index is -0.248. The van der Waals surface area contributed by atoms with E-state index in [0.717, 1.165) is 18.4 Å². The number of allylic oxidation sites excluding steroid dienone is 1. The Hall–Kier alpha value is -0.790. The average molecular weight is 153 g/mol. The number of hydrogen-bond acceptors (Lipinski definition) is 1. The van der Waals surface area contributed by atoms with E-state index in [1.807, 2.05) is 6.92 Å². The van der Waals surface area contributed by atoms with Crippen LogP contribution in [0.15, 0.2) is 11.1 Å². The van der Waals surface area contributed by atoms with Crippen molar-refractivity contribution in [2.45, 2.75) is 39.0 Å². The molecular formula is C9H15NO. The van der Waals surface area contributed by atoms with Crippen molar-refractivity contribution in [3.05, 3.63) is 11.1 Å². The normalized spacial score (nSPS) is 18.1. The molecule has 0 aliphatic heterocycles. The second-order valence-corrected chi connectivity index (χ2v) is 3.15. The van der Waals surface area contributed by atoms with Gasteiger partial charge in [0.25, 0.3) is 0 Å². The summed E-state index contributed by atoms with van der Waals surface area (Å²) < 4.78 is 0. The molecule has 1 saturated carbocycles. The third-order valence-corrected chi connectivity index (χ3v) is 2.36. The average Bonchev–Trinajstić information content (AvgIpc) is 2.05. The fraction of sp³-hybridized carbons (Fsp3) is 0.667. The highest BCUT2D eigenvalue weighted by molar-refractivity contribution is 5.92. The summed E-state index contributed by atoms with van der Waals surface area (Å²) in [5, 5.41) is 0. The summed E-state index contributed by atoms with van der Waals surface area (Å²) in [7, 11) is 0. The highest BCUT2D eigenvalue weighted by Gasteiger charge is 2.10. The van der Waals surface area contributed by atoms with Crippen molar-refractivity contribution in [2.75, 3.05) is 0 Å². The molecule has 0 aromatic rings. The molecule has 1 aliphatic carbocycles. The molecule has 1 aliphatic rings. The highest BCUT2D eigenvalue weighted by atomic mass is 16.1. The van der Waals surface area contributed by atoms with Gasteiger partial charge in [-0.05, 0) is 32.6 Å². The molecule has 62 valence electrons. The fourth-order valence-electron chi connectivity index (χ4n) is 1.53. The van der Waals surface area contributed by atoms with Gasteiger partial charge in [0.2, 0.25) is 5.91 Å². The largest absolute Gasteiger partial charge is 0.366 e. The molecule has 0 aromatic heterocycles. The monoisotopic (exact) mass is 153 g/mol. The van der Waals surface area contributed by atoms with E-state index in [4.69, 9.17) is 5.73 Å². The summed E-state index contributed by atoms with van der Waals surface area (Å²) in [5.41, 5.74) is 7.25. The lowest BCUT2D eigenvalue weighted by Crippen LogP contribution is -2.14. The molecule has 1 fully saturated rings. The van der Waals surface area contributed by atoms with Crippen LogP contribution in [0.4, 0.5) is 0 Å². The molecule has 2 nitrogen and oxygen atoms in total. The van der Waals surface area contributed by atoms with Crippen molar-refractivity contribution in [2.24, 2.45) is 5.73 Å². The van der Waals surface area contributed by atoms with E-state index in [2.05, 4.69) is 0 Å². The zero-order chi connectivity index (χ0) is 8.27. The lowest BCUT2D eigenvalue weighted by atomic mass is 9.91. The molecular weight excluding hydrogens is 138 g/mol. The maximum absolute atomic E-state index is 10.8. The number of carbonyl (C=O) groups excluding carboxylic acids is 1. The molecule has 2 N–H and O–H groups in total. The van der Waals surface area contributed by atoms with Crippen LogP contribution in [0, 0.1) is 0 Å². The van der Waals surface area contributed by atoms with Gasteiger partial charge in [-0.2, -0.15) is 0 Å². The van der Waals surface area contributed by atoms with Crippen LogP contribution in [0.3, 0.4) is 0 Å². The Balaban J connectivity index is 2.68. The first-order valence-corrected chi connectivity index (χ1v) is 4.20. The molecule has 11 heavy (non-hydrogen) atoms. The van der Waals surface area contributed by atoms with Crippen LogP contribution in [0.25, 0.3) is 0 Å². The smallest absolute Gasteiger partial charge is 0.244 e. The predicted molar refractivity (Wildman–Crippen MR) is 45.0 cm³/mol. The Bertz CT molecular complexity index is 186. The molecule has 0 radical (unpaired) electrons. The second kappa shape index (κ2) is 3.56. The van der Waals surface area contributed by atoms with Gasteiger partial charge in [-0.1, -0.05) is 12.0 Å². The van der Waals surface area contributed by atoms with Crippen LogP contribution < -0.4 is 5.73 Å². The molecule has 0 unspecified atom stereocenters. The van der Waals surface area contributed by atoms with Crippen molar-refractivity contribution in [1.29, 1.82) is 0 Å². The van der Waals surface area contributed by atoms with E-state index < -0.39 is 0 Å². The second-order valence-electron chi connectivity index (χ2n) is 3.15. The lowest BCUT2D eigenvalue weighted by molar-refractivity contribution is -0.114.